The Morgan fingerprint density at radius 2 is 1.88 bits per heavy atom. The summed E-state index contributed by atoms with van der Waals surface area (Å²) in [5.74, 6) is 0.884. The zero-order valence-electron chi connectivity index (χ0n) is 14.3. The molecule has 0 aliphatic heterocycles. The number of methoxy groups -OCH3 is 1. The lowest BCUT2D eigenvalue weighted by Gasteiger charge is -2.26. The van der Waals surface area contributed by atoms with Gasteiger partial charge in [-0.1, -0.05) is 37.3 Å². The van der Waals surface area contributed by atoms with Crippen molar-refractivity contribution >= 4 is 23.0 Å². The van der Waals surface area contributed by atoms with Crippen LogP contribution in [0.2, 0.25) is 0 Å². The lowest BCUT2D eigenvalue weighted by molar-refractivity contribution is 0.405. The van der Waals surface area contributed by atoms with Crippen LogP contribution in [0.15, 0.2) is 48.5 Å². The molecule has 0 saturated heterocycles. The van der Waals surface area contributed by atoms with Gasteiger partial charge in [-0.05, 0) is 60.8 Å². The Bertz CT molecular complexity index is 695. The molecule has 0 radical (unpaired) electrons. The van der Waals surface area contributed by atoms with Crippen LogP contribution in [-0.2, 0) is 13.0 Å². The van der Waals surface area contributed by atoms with E-state index >= 15 is 0 Å². The molecule has 0 atom stereocenters. The molecule has 3 rings (SSSR count). The van der Waals surface area contributed by atoms with Crippen LogP contribution in [-0.4, -0.2) is 23.2 Å². The number of ether oxygens (including phenoxy) is 1. The fourth-order valence-electron chi connectivity index (χ4n) is 2.82. The second kappa shape index (κ2) is 7.67. The SMILES string of the molecule is CCc1ccccc1NC(=S)N(Cc1ccc(OC)cc1)C1CC1. The number of hydrogen-bond acceptors (Lipinski definition) is 2. The molecule has 2 aromatic rings. The molecule has 0 heterocycles. The van der Waals surface area contributed by atoms with E-state index in [0.29, 0.717) is 6.04 Å². The summed E-state index contributed by atoms with van der Waals surface area (Å²) in [5, 5.41) is 4.27. The van der Waals surface area contributed by atoms with E-state index in [9.17, 15) is 0 Å². The molecule has 4 heteroatoms. The highest BCUT2D eigenvalue weighted by molar-refractivity contribution is 7.80. The number of benzene rings is 2. The summed E-state index contributed by atoms with van der Waals surface area (Å²) in [4.78, 5) is 2.31. The monoisotopic (exact) mass is 340 g/mol. The molecule has 126 valence electrons. The molecule has 0 unspecified atom stereocenters. The number of hydrogen-bond donors (Lipinski definition) is 1. The lowest BCUT2D eigenvalue weighted by atomic mass is 10.1. The molecule has 0 bridgehead atoms. The van der Waals surface area contributed by atoms with Gasteiger partial charge >= 0.3 is 0 Å². The van der Waals surface area contributed by atoms with Crippen LogP contribution in [0, 0.1) is 0 Å². The Balaban J connectivity index is 1.71. The van der Waals surface area contributed by atoms with Crippen LogP contribution >= 0.6 is 12.2 Å². The first kappa shape index (κ1) is 16.8. The van der Waals surface area contributed by atoms with Gasteiger partial charge in [-0.25, -0.2) is 0 Å². The minimum atomic E-state index is 0.556. The van der Waals surface area contributed by atoms with Crippen LogP contribution < -0.4 is 10.1 Å². The van der Waals surface area contributed by atoms with Gasteiger partial charge in [-0.3, -0.25) is 0 Å². The molecule has 2 aromatic carbocycles. The second-order valence-corrected chi connectivity index (χ2v) is 6.53. The van der Waals surface area contributed by atoms with E-state index in [2.05, 4.69) is 53.5 Å². The van der Waals surface area contributed by atoms with Crippen LogP contribution in [0.5, 0.6) is 5.75 Å². The highest BCUT2D eigenvalue weighted by Crippen LogP contribution is 2.30. The average Bonchev–Trinajstić information content (AvgIpc) is 3.45. The smallest absolute Gasteiger partial charge is 0.173 e. The molecule has 1 fully saturated rings. The van der Waals surface area contributed by atoms with Crippen molar-refractivity contribution < 1.29 is 4.74 Å². The van der Waals surface area contributed by atoms with Crippen molar-refractivity contribution in [3.8, 4) is 5.75 Å². The number of anilines is 1. The van der Waals surface area contributed by atoms with E-state index in [4.69, 9.17) is 17.0 Å². The van der Waals surface area contributed by atoms with Gasteiger partial charge in [0.25, 0.3) is 0 Å². The molecule has 1 N–H and O–H groups in total. The molecule has 1 aliphatic rings. The van der Waals surface area contributed by atoms with Gasteiger partial charge in [-0.15, -0.1) is 0 Å². The Kier molecular flexibility index (Phi) is 5.36. The van der Waals surface area contributed by atoms with E-state index in [0.717, 1.165) is 29.5 Å². The maximum atomic E-state index is 5.72. The van der Waals surface area contributed by atoms with Crippen molar-refractivity contribution in [2.24, 2.45) is 0 Å². The summed E-state index contributed by atoms with van der Waals surface area (Å²) in [5.41, 5.74) is 3.65. The Labute approximate surface area is 149 Å². The fraction of sp³-hybridized carbons (Fsp3) is 0.350. The lowest BCUT2D eigenvalue weighted by Crippen LogP contribution is -2.36. The van der Waals surface area contributed by atoms with E-state index in [1.54, 1.807) is 7.11 Å². The standard InChI is InChI=1S/C20H24N2OS/c1-3-16-6-4-5-7-19(16)21-20(24)22(17-10-11-17)14-15-8-12-18(23-2)13-9-15/h4-9,12-13,17H,3,10-11,14H2,1-2H3,(H,21,24). The largest absolute Gasteiger partial charge is 0.497 e. The van der Waals surface area contributed by atoms with Crippen molar-refractivity contribution in [1.82, 2.24) is 4.90 Å². The first-order valence-corrected chi connectivity index (χ1v) is 8.90. The number of thiocarbonyl (C=S) groups is 1. The molecule has 0 spiro atoms. The van der Waals surface area contributed by atoms with Crippen molar-refractivity contribution in [2.75, 3.05) is 12.4 Å². The van der Waals surface area contributed by atoms with Crippen LogP contribution in [0.25, 0.3) is 0 Å². The van der Waals surface area contributed by atoms with E-state index in [1.165, 1.54) is 24.0 Å². The number of para-hydroxylation sites is 1. The van der Waals surface area contributed by atoms with Crippen molar-refractivity contribution in [1.29, 1.82) is 0 Å². The predicted octanol–water partition coefficient (Wildman–Crippen LogP) is 4.62. The summed E-state index contributed by atoms with van der Waals surface area (Å²) in [6, 6.07) is 17.2. The van der Waals surface area contributed by atoms with Crippen molar-refractivity contribution in [3.05, 3.63) is 59.7 Å². The minimum Gasteiger partial charge on any atom is -0.497 e. The second-order valence-electron chi connectivity index (χ2n) is 6.15. The summed E-state index contributed by atoms with van der Waals surface area (Å²) in [6.45, 7) is 2.99. The summed E-state index contributed by atoms with van der Waals surface area (Å²) < 4.78 is 5.23. The van der Waals surface area contributed by atoms with Gasteiger partial charge in [-0.2, -0.15) is 0 Å². The maximum Gasteiger partial charge on any atom is 0.173 e. The number of rotatable bonds is 6. The third kappa shape index (κ3) is 4.06. The minimum absolute atomic E-state index is 0.556. The average molecular weight is 340 g/mol. The van der Waals surface area contributed by atoms with Gasteiger partial charge in [0, 0.05) is 18.3 Å². The molecular weight excluding hydrogens is 316 g/mol. The van der Waals surface area contributed by atoms with Crippen LogP contribution in [0.4, 0.5) is 5.69 Å². The van der Waals surface area contributed by atoms with Gasteiger partial charge in [0.2, 0.25) is 0 Å². The quantitative estimate of drug-likeness (QED) is 0.776. The van der Waals surface area contributed by atoms with Crippen LogP contribution in [0.1, 0.15) is 30.9 Å². The van der Waals surface area contributed by atoms with Crippen molar-refractivity contribution in [2.45, 2.75) is 38.8 Å². The molecule has 24 heavy (non-hydrogen) atoms. The van der Waals surface area contributed by atoms with E-state index < -0.39 is 0 Å². The van der Waals surface area contributed by atoms with Gasteiger partial charge in [0.15, 0.2) is 5.11 Å². The van der Waals surface area contributed by atoms with Crippen LogP contribution in [0.3, 0.4) is 0 Å². The number of nitrogens with one attached hydrogen (secondary N) is 1. The molecule has 3 nitrogen and oxygen atoms in total. The first-order chi connectivity index (χ1) is 11.7. The molecule has 0 aromatic heterocycles. The van der Waals surface area contributed by atoms with Crippen molar-refractivity contribution in [3.63, 3.8) is 0 Å². The van der Waals surface area contributed by atoms with E-state index in [-0.39, 0.29) is 0 Å². The molecule has 1 aliphatic carbocycles. The zero-order chi connectivity index (χ0) is 16.9. The molecule has 1 saturated carbocycles. The number of nitrogens with zero attached hydrogens (tertiary/aromatic N) is 1. The third-order valence-corrected chi connectivity index (χ3v) is 4.74. The topological polar surface area (TPSA) is 24.5 Å². The Morgan fingerprint density at radius 3 is 2.50 bits per heavy atom. The maximum absolute atomic E-state index is 5.72. The molecule has 0 amide bonds. The van der Waals surface area contributed by atoms with Gasteiger partial charge in [0.1, 0.15) is 5.75 Å². The Morgan fingerprint density at radius 1 is 1.17 bits per heavy atom. The first-order valence-electron chi connectivity index (χ1n) is 8.49. The summed E-state index contributed by atoms with van der Waals surface area (Å²) in [6.07, 6.45) is 3.43. The van der Waals surface area contributed by atoms with Gasteiger partial charge < -0.3 is 15.0 Å². The normalized spacial score (nSPS) is 13.4. The highest BCUT2D eigenvalue weighted by atomic mass is 32.1. The van der Waals surface area contributed by atoms with Gasteiger partial charge in [0.05, 0.1) is 7.11 Å². The zero-order valence-corrected chi connectivity index (χ0v) is 15.1. The molecular formula is C20H24N2OS. The summed E-state index contributed by atoms with van der Waals surface area (Å²) in [7, 11) is 1.69. The summed E-state index contributed by atoms with van der Waals surface area (Å²) >= 11 is 5.72. The number of aryl methyl sites for hydroxylation is 1. The fourth-order valence-corrected chi connectivity index (χ4v) is 3.14. The predicted molar refractivity (Wildman–Crippen MR) is 104 cm³/mol. The van der Waals surface area contributed by atoms with E-state index in [1.807, 2.05) is 12.1 Å². The Hall–Kier alpha value is -2.07. The third-order valence-electron chi connectivity index (χ3n) is 4.40. The highest BCUT2D eigenvalue weighted by Gasteiger charge is 2.31.